The molecule has 0 saturated heterocycles. The second-order valence-corrected chi connectivity index (χ2v) is 4.40. The number of esters is 1. The summed E-state index contributed by atoms with van der Waals surface area (Å²) in [5.41, 5.74) is 1.64. The molecular weight excluding hydrogens is 268 g/mol. The number of methoxy groups -OCH3 is 1. The lowest BCUT2D eigenvalue weighted by Gasteiger charge is -2.08. The maximum absolute atomic E-state index is 11.3. The van der Waals surface area contributed by atoms with Gasteiger partial charge in [-0.1, -0.05) is 30.3 Å². The summed E-state index contributed by atoms with van der Waals surface area (Å²) in [7, 11) is 1.36. The van der Waals surface area contributed by atoms with E-state index in [1.807, 2.05) is 30.3 Å². The fourth-order valence-electron chi connectivity index (χ4n) is 1.79. The van der Waals surface area contributed by atoms with Crippen molar-refractivity contribution in [2.24, 2.45) is 0 Å². The Morgan fingerprint density at radius 3 is 2.33 bits per heavy atom. The number of carbonyl (C=O) groups excluding carboxylic acids is 1. The fourth-order valence-corrected chi connectivity index (χ4v) is 1.79. The molecule has 2 rings (SSSR count). The Balaban J connectivity index is 1.68. The number of hydrogen-bond acceptors (Lipinski definition) is 4. The molecule has 4 nitrogen and oxygen atoms in total. The Hall–Kier alpha value is -2.33. The Labute approximate surface area is 124 Å². The maximum Gasteiger partial charge on any atom is 0.337 e. The Kier molecular flexibility index (Phi) is 5.79. The molecule has 0 aliphatic carbocycles. The second-order valence-electron chi connectivity index (χ2n) is 4.40. The fraction of sp³-hybridized carbons (Fsp3) is 0.235. The van der Waals surface area contributed by atoms with Gasteiger partial charge in [-0.25, -0.2) is 4.79 Å². The zero-order chi connectivity index (χ0) is 14.9. The molecule has 0 atom stereocenters. The largest absolute Gasteiger partial charge is 0.491 e. The van der Waals surface area contributed by atoms with Gasteiger partial charge in [-0.15, -0.1) is 0 Å². The highest BCUT2D eigenvalue weighted by atomic mass is 16.5. The van der Waals surface area contributed by atoms with Crippen LogP contribution in [0.4, 0.5) is 0 Å². The van der Waals surface area contributed by atoms with Gasteiger partial charge >= 0.3 is 5.97 Å². The first-order valence-corrected chi connectivity index (χ1v) is 6.72. The normalized spacial score (nSPS) is 10.1. The van der Waals surface area contributed by atoms with Crippen LogP contribution in [0.5, 0.6) is 5.75 Å². The summed E-state index contributed by atoms with van der Waals surface area (Å²) in [4.78, 5) is 11.3. The third kappa shape index (κ3) is 4.93. The molecule has 2 aromatic rings. The summed E-state index contributed by atoms with van der Waals surface area (Å²) in [5, 5.41) is 0. The van der Waals surface area contributed by atoms with E-state index < -0.39 is 0 Å². The van der Waals surface area contributed by atoms with Gasteiger partial charge in [0.2, 0.25) is 0 Å². The molecule has 0 heterocycles. The van der Waals surface area contributed by atoms with E-state index in [9.17, 15) is 4.79 Å². The topological polar surface area (TPSA) is 44.8 Å². The SMILES string of the molecule is COC(=O)c1ccc(OCCOCc2ccccc2)cc1. The molecule has 110 valence electrons. The van der Waals surface area contributed by atoms with Gasteiger partial charge in [0.25, 0.3) is 0 Å². The van der Waals surface area contributed by atoms with Crippen LogP contribution in [-0.4, -0.2) is 26.3 Å². The Morgan fingerprint density at radius 2 is 1.67 bits per heavy atom. The van der Waals surface area contributed by atoms with Crippen molar-refractivity contribution in [3.05, 3.63) is 65.7 Å². The molecule has 0 radical (unpaired) electrons. The van der Waals surface area contributed by atoms with Crippen molar-refractivity contribution in [2.45, 2.75) is 6.61 Å². The molecule has 0 N–H and O–H groups in total. The van der Waals surface area contributed by atoms with Crippen molar-refractivity contribution in [3.8, 4) is 5.75 Å². The summed E-state index contributed by atoms with van der Waals surface area (Å²) < 4.78 is 15.7. The molecule has 0 unspecified atom stereocenters. The van der Waals surface area contributed by atoms with E-state index in [2.05, 4.69) is 4.74 Å². The van der Waals surface area contributed by atoms with E-state index in [1.165, 1.54) is 7.11 Å². The molecule has 0 spiro atoms. The lowest BCUT2D eigenvalue weighted by Crippen LogP contribution is -2.07. The molecule has 4 heteroatoms. The van der Waals surface area contributed by atoms with Gasteiger partial charge < -0.3 is 14.2 Å². The van der Waals surface area contributed by atoms with Gasteiger partial charge in [0.1, 0.15) is 12.4 Å². The maximum atomic E-state index is 11.3. The van der Waals surface area contributed by atoms with E-state index in [0.29, 0.717) is 31.1 Å². The summed E-state index contributed by atoms with van der Waals surface area (Å²) in [6, 6.07) is 16.8. The highest BCUT2D eigenvalue weighted by molar-refractivity contribution is 5.89. The van der Waals surface area contributed by atoms with Crippen molar-refractivity contribution in [1.29, 1.82) is 0 Å². The zero-order valence-electron chi connectivity index (χ0n) is 12.0. The zero-order valence-corrected chi connectivity index (χ0v) is 12.0. The predicted octanol–water partition coefficient (Wildman–Crippen LogP) is 3.07. The van der Waals surface area contributed by atoms with Crippen molar-refractivity contribution in [3.63, 3.8) is 0 Å². The monoisotopic (exact) mass is 286 g/mol. The van der Waals surface area contributed by atoms with E-state index in [4.69, 9.17) is 9.47 Å². The van der Waals surface area contributed by atoms with E-state index >= 15 is 0 Å². The van der Waals surface area contributed by atoms with Gasteiger partial charge in [-0.05, 0) is 29.8 Å². The first kappa shape index (κ1) is 15.1. The number of rotatable bonds is 7. The van der Waals surface area contributed by atoms with E-state index in [-0.39, 0.29) is 5.97 Å². The van der Waals surface area contributed by atoms with Crippen molar-refractivity contribution >= 4 is 5.97 Å². The van der Waals surface area contributed by atoms with Gasteiger partial charge in [0, 0.05) is 0 Å². The molecule has 0 aromatic heterocycles. The lowest BCUT2D eigenvalue weighted by molar-refractivity contribution is 0.0600. The van der Waals surface area contributed by atoms with Crippen molar-refractivity contribution in [2.75, 3.05) is 20.3 Å². The molecule has 0 aliphatic heterocycles. The average Bonchev–Trinajstić information content (AvgIpc) is 2.55. The molecule has 21 heavy (non-hydrogen) atoms. The van der Waals surface area contributed by atoms with Crippen LogP contribution in [0.25, 0.3) is 0 Å². The Bertz CT molecular complexity index is 549. The van der Waals surface area contributed by atoms with Crippen molar-refractivity contribution in [1.82, 2.24) is 0 Å². The van der Waals surface area contributed by atoms with Crippen LogP contribution in [-0.2, 0) is 16.1 Å². The van der Waals surface area contributed by atoms with E-state index in [0.717, 1.165) is 5.56 Å². The van der Waals surface area contributed by atoms with Gasteiger partial charge in [0.05, 0.1) is 25.9 Å². The number of hydrogen-bond donors (Lipinski definition) is 0. The summed E-state index contributed by atoms with van der Waals surface area (Å²) >= 11 is 0. The van der Waals surface area contributed by atoms with Crippen LogP contribution in [0.2, 0.25) is 0 Å². The summed E-state index contributed by atoms with van der Waals surface area (Å²) in [5.74, 6) is 0.346. The predicted molar refractivity (Wildman–Crippen MR) is 79.4 cm³/mol. The molecule has 0 bridgehead atoms. The molecule has 0 fully saturated rings. The minimum Gasteiger partial charge on any atom is -0.491 e. The number of carbonyl (C=O) groups is 1. The van der Waals surface area contributed by atoms with Gasteiger partial charge in [-0.3, -0.25) is 0 Å². The van der Waals surface area contributed by atoms with Crippen molar-refractivity contribution < 1.29 is 19.0 Å². The van der Waals surface area contributed by atoms with Crippen LogP contribution < -0.4 is 4.74 Å². The smallest absolute Gasteiger partial charge is 0.337 e. The van der Waals surface area contributed by atoms with Crippen LogP contribution in [0.1, 0.15) is 15.9 Å². The minimum absolute atomic E-state index is 0.354. The average molecular weight is 286 g/mol. The van der Waals surface area contributed by atoms with Gasteiger partial charge in [0.15, 0.2) is 0 Å². The highest BCUT2D eigenvalue weighted by Crippen LogP contribution is 2.12. The molecule has 0 amide bonds. The second kappa shape index (κ2) is 8.07. The Morgan fingerprint density at radius 1 is 0.952 bits per heavy atom. The molecule has 0 aliphatic rings. The number of benzene rings is 2. The third-order valence-electron chi connectivity index (χ3n) is 2.88. The van der Waals surface area contributed by atoms with Crippen LogP contribution >= 0.6 is 0 Å². The molecule has 0 saturated carbocycles. The highest BCUT2D eigenvalue weighted by Gasteiger charge is 2.04. The minimum atomic E-state index is -0.354. The van der Waals surface area contributed by atoms with Gasteiger partial charge in [-0.2, -0.15) is 0 Å². The summed E-state index contributed by atoms with van der Waals surface area (Å²) in [6.07, 6.45) is 0. The first-order chi connectivity index (χ1) is 10.3. The van der Waals surface area contributed by atoms with Crippen LogP contribution in [0.3, 0.4) is 0 Å². The quantitative estimate of drug-likeness (QED) is 0.579. The van der Waals surface area contributed by atoms with Crippen LogP contribution in [0, 0.1) is 0 Å². The number of ether oxygens (including phenoxy) is 3. The lowest BCUT2D eigenvalue weighted by atomic mass is 10.2. The molecule has 2 aromatic carbocycles. The molecular formula is C17H18O4. The van der Waals surface area contributed by atoms with Crippen LogP contribution in [0.15, 0.2) is 54.6 Å². The van der Waals surface area contributed by atoms with E-state index in [1.54, 1.807) is 24.3 Å². The standard InChI is InChI=1S/C17H18O4/c1-19-17(18)15-7-9-16(10-8-15)21-12-11-20-13-14-5-3-2-4-6-14/h2-10H,11-13H2,1H3. The summed E-state index contributed by atoms with van der Waals surface area (Å²) in [6.45, 7) is 1.55. The first-order valence-electron chi connectivity index (χ1n) is 6.72. The third-order valence-corrected chi connectivity index (χ3v) is 2.88.